The highest BCUT2D eigenvalue weighted by Crippen LogP contribution is 2.75. The van der Waals surface area contributed by atoms with Gasteiger partial charge in [0.2, 0.25) is 0 Å². The highest BCUT2D eigenvalue weighted by atomic mass is 16.5. The second-order valence-corrected chi connectivity index (χ2v) is 17.4. The van der Waals surface area contributed by atoms with E-state index in [-0.39, 0.29) is 21.7 Å². The van der Waals surface area contributed by atoms with Gasteiger partial charge in [-0.25, -0.2) is 0 Å². The minimum absolute atomic E-state index is 0.166. The summed E-state index contributed by atoms with van der Waals surface area (Å²) in [6, 6.07) is 10.8. The molecule has 2 unspecified atom stereocenters. The SMILES string of the molecule is CC1(C)C2CC[C@]3(C)C(CC=C4[C@@H]5C[C@@](C)(C(=O)O)CC[C@]5(C)CC[C@]43C)[C@@]2(C)CC[C@@H]1OCCCc1ccccc1. The van der Waals surface area contributed by atoms with Crippen LogP contribution in [-0.2, 0) is 16.0 Å². The Bertz CT molecular complexity index is 1220. The molecule has 3 heteroatoms. The summed E-state index contributed by atoms with van der Waals surface area (Å²) in [7, 11) is 0. The molecular formula is C39H58O3. The molecule has 5 aliphatic rings. The van der Waals surface area contributed by atoms with Gasteiger partial charge in [0.25, 0.3) is 0 Å². The summed E-state index contributed by atoms with van der Waals surface area (Å²) in [5, 5.41) is 10.2. The van der Waals surface area contributed by atoms with E-state index in [1.807, 2.05) is 6.92 Å². The predicted molar refractivity (Wildman–Crippen MR) is 171 cm³/mol. The van der Waals surface area contributed by atoms with Crippen LogP contribution < -0.4 is 0 Å². The van der Waals surface area contributed by atoms with E-state index in [1.165, 1.54) is 50.5 Å². The van der Waals surface area contributed by atoms with Crippen LogP contribution in [0.15, 0.2) is 42.0 Å². The molecule has 6 rings (SSSR count). The molecule has 42 heavy (non-hydrogen) atoms. The Morgan fingerprint density at radius 2 is 1.60 bits per heavy atom. The van der Waals surface area contributed by atoms with Crippen LogP contribution in [0.4, 0.5) is 0 Å². The van der Waals surface area contributed by atoms with Gasteiger partial charge in [-0.3, -0.25) is 4.79 Å². The maximum absolute atomic E-state index is 12.4. The lowest BCUT2D eigenvalue weighted by Crippen LogP contribution is -2.64. The molecule has 232 valence electrons. The normalized spacial score (nSPS) is 45.9. The van der Waals surface area contributed by atoms with E-state index >= 15 is 0 Å². The van der Waals surface area contributed by atoms with Gasteiger partial charge in [-0.05, 0) is 134 Å². The summed E-state index contributed by atoms with van der Waals surface area (Å²) in [6.07, 6.45) is 16.6. The zero-order chi connectivity index (χ0) is 30.2. The molecule has 0 aromatic heterocycles. The van der Waals surface area contributed by atoms with E-state index in [4.69, 9.17) is 4.74 Å². The Balaban J connectivity index is 1.22. The molecule has 1 aromatic rings. The van der Waals surface area contributed by atoms with Crippen molar-refractivity contribution in [2.24, 2.45) is 50.2 Å². The number of allylic oxidation sites excluding steroid dienone is 2. The average molecular weight is 575 g/mol. The number of aryl methyl sites for hydroxylation is 1. The molecule has 0 heterocycles. The lowest BCUT2D eigenvalue weighted by molar-refractivity contribution is -0.211. The average Bonchev–Trinajstić information content (AvgIpc) is 2.94. The van der Waals surface area contributed by atoms with Gasteiger partial charge in [-0.15, -0.1) is 0 Å². The Kier molecular flexibility index (Phi) is 7.40. The fraction of sp³-hybridized carbons (Fsp3) is 0.769. The number of hydrogen-bond acceptors (Lipinski definition) is 2. The molecule has 0 radical (unpaired) electrons. The molecule has 0 bridgehead atoms. The highest BCUT2D eigenvalue weighted by Gasteiger charge is 2.68. The third-order valence-electron chi connectivity index (χ3n) is 15.1. The molecule has 0 saturated heterocycles. The van der Waals surface area contributed by atoms with Crippen LogP contribution in [0.3, 0.4) is 0 Å². The maximum Gasteiger partial charge on any atom is 0.309 e. The molecule has 0 spiro atoms. The first-order chi connectivity index (χ1) is 19.7. The molecule has 0 amide bonds. The molecule has 3 nitrogen and oxygen atoms in total. The van der Waals surface area contributed by atoms with Gasteiger partial charge >= 0.3 is 5.97 Å². The van der Waals surface area contributed by atoms with Gasteiger partial charge in [0.1, 0.15) is 0 Å². The standard InChI is InChI=1S/C39H58O3/c1-34(2)30-17-20-39(7)31(37(30,5)19-18-32(34)42-25-11-14-27-12-9-8-10-13-27)16-15-28-29-26-36(4,33(40)41)22-21-35(29,3)23-24-38(28,39)6/h8-10,12-13,15,29-32H,11,14,16-26H2,1-7H3,(H,40,41)/t29-,30?,31?,32-,35+,36-,37-,38+,39+/m0/s1. The molecule has 1 aromatic carbocycles. The minimum atomic E-state index is -0.591. The van der Waals surface area contributed by atoms with Crippen LogP contribution in [0.1, 0.15) is 125 Å². The summed E-state index contributed by atoms with van der Waals surface area (Å²) in [6.45, 7) is 18.3. The quantitative estimate of drug-likeness (QED) is 0.272. The van der Waals surface area contributed by atoms with Crippen LogP contribution in [-0.4, -0.2) is 23.8 Å². The first kappa shape index (κ1) is 30.4. The molecule has 4 fully saturated rings. The molecule has 9 atom stereocenters. The van der Waals surface area contributed by atoms with Crippen molar-refractivity contribution in [2.75, 3.05) is 6.61 Å². The molecule has 4 saturated carbocycles. The predicted octanol–water partition coefficient (Wildman–Crippen LogP) is 9.89. The first-order valence-corrected chi connectivity index (χ1v) is 17.3. The largest absolute Gasteiger partial charge is 0.481 e. The number of carboxylic acid groups (broad SMARTS) is 1. The monoisotopic (exact) mass is 574 g/mol. The lowest BCUT2D eigenvalue weighted by Gasteiger charge is -2.71. The van der Waals surface area contributed by atoms with Gasteiger partial charge in [0.05, 0.1) is 11.5 Å². The van der Waals surface area contributed by atoms with E-state index < -0.39 is 11.4 Å². The van der Waals surface area contributed by atoms with Crippen molar-refractivity contribution >= 4 is 5.97 Å². The number of hydrogen-bond donors (Lipinski definition) is 1. The van der Waals surface area contributed by atoms with Crippen LogP contribution in [0.25, 0.3) is 0 Å². The van der Waals surface area contributed by atoms with Gasteiger partial charge in [-0.1, -0.05) is 83.5 Å². The second kappa shape index (κ2) is 10.2. The summed E-state index contributed by atoms with van der Waals surface area (Å²) in [5.41, 5.74) is 3.64. The summed E-state index contributed by atoms with van der Waals surface area (Å²) >= 11 is 0. The minimum Gasteiger partial charge on any atom is -0.481 e. The Hall–Kier alpha value is -1.61. The van der Waals surface area contributed by atoms with Crippen molar-refractivity contribution in [3.05, 3.63) is 47.5 Å². The van der Waals surface area contributed by atoms with Crippen molar-refractivity contribution in [1.82, 2.24) is 0 Å². The molecule has 1 N–H and O–H groups in total. The van der Waals surface area contributed by atoms with Crippen molar-refractivity contribution < 1.29 is 14.6 Å². The zero-order valence-electron chi connectivity index (χ0n) is 27.7. The number of carboxylic acids is 1. The van der Waals surface area contributed by atoms with Crippen molar-refractivity contribution in [1.29, 1.82) is 0 Å². The van der Waals surface area contributed by atoms with E-state index in [0.29, 0.717) is 29.3 Å². The second-order valence-electron chi connectivity index (χ2n) is 17.4. The van der Waals surface area contributed by atoms with Crippen LogP contribution in [0, 0.1) is 50.2 Å². The number of rotatable bonds is 6. The summed E-state index contributed by atoms with van der Waals surface area (Å²) < 4.78 is 6.73. The number of benzene rings is 1. The Morgan fingerprint density at radius 1 is 0.881 bits per heavy atom. The fourth-order valence-corrected chi connectivity index (χ4v) is 12.0. The van der Waals surface area contributed by atoms with Gasteiger partial charge in [0.15, 0.2) is 0 Å². The topological polar surface area (TPSA) is 46.5 Å². The van der Waals surface area contributed by atoms with E-state index in [2.05, 4.69) is 78.0 Å². The lowest BCUT2D eigenvalue weighted by atomic mass is 9.33. The Labute approximate surface area is 256 Å². The number of fused-ring (bicyclic) bond motifs is 7. The Morgan fingerprint density at radius 3 is 2.31 bits per heavy atom. The smallest absolute Gasteiger partial charge is 0.309 e. The number of ether oxygens (including phenoxy) is 1. The van der Waals surface area contributed by atoms with E-state index in [1.54, 1.807) is 5.57 Å². The number of carbonyl (C=O) groups is 1. The summed E-state index contributed by atoms with van der Waals surface area (Å²) in [5.74, 6) is 1.17. The molecular weight excluding hydrogens is 516 g/mol. The highest BCUT2D eigenvalue weighted by molar-refractivity contribution is 5.74. The maximum atomic E-state index is 12.4. The van der Waals surface area contributed by atoms with E-state index in [0.717, 1.165) is 38.7 Å². The van der Waals surface area contributed by atoms with Crippen molar-refractivity contribution in [2.45, 2.75) is 132 Å². The molecule has 5 aliphatic carbocycles. The summed E-state index contributed by atoms with van der Waals surface area (Å²) in [4.78, 5) is 12.4. The van der Waals surface area contributed by atoms with Gasteiger partial charge < -0.3 is 9.84 Å². The van der Waals surface area contributed by atoms with Crippen LogP contribution in [0.2, 0.25) is 0 Å². The van der Waals surface area contributed by atoms with E-state index in [9.17, 15) is 9.90 Å². The third kappa shape index (κ3) is 4.40. The zero-order valence-corrected chi connectivity index (χ0v) is 27.7. The van der Waals surface area contributed by atoms with Gasteiger partial charge in [0, 0.05) is 6.61 Å². The van der Waals surface area contributed by atoms with Crippen molar-refractivity contribution in [3.8, 4) is 0 Å². The first-order valence-electron chi connectivity index (χ1n) is 17.3. The fourth-order valence-electron chi connectivity index (χ4n) is 12.0. The molecule has 0 aliphatic heterocycles. The van der Waals surface area contributed by atoms with Crippen molar-refractivity contribution in [3.63, 3.8) is 0 Å². The van der Waals surface area contributed by atoms with Gasteiger partial charge in [-0.2, -0.15) is 0 Å². The number of aliphatic carboxylic acids is 1. The van der Waals surface area contributed by atoms with Crippen LogP contribution >= 0.6 is 0 Å². The third-order valence-corrected chi connectivity index (χ3v) is 15.1. The van der Waals surface area contributed by atoms with Crippen LogP contribution in [0.5, 0.6) is 0 Å².